The molecule has 0 aliphatic rings. The zero-order chi connectivity index (χ0) is 10.3. The molecule has 74 valence electrons. The number of halogens is 1. The lowest BCUT2D eigenvalue weighted by molar-refractivity contribution is 0.419. The summed E-state index contributed by atoms with van der Waals surface area (Å²) >= 11 is 3.59. The van der Waals surface area contributed by atoms with E-state index in [1.165, 1.54) is 11.2 Å². The highest BCUT2D eigenvalue weighted by Crippen LogP contribution is 2.36. The number of rotatable bonds is 1. The van der Waals surface area contributed by atoms with E-state index in [1.54, 1.807) is 7.11 Å². The van der Waals surface area contributed by atoms with E-state index in [2.05, 4.69) is 40.5 Å². The van der Waals surface area contributed by atoms with Crippen molar-refractivity contribution in [2.24, 2.45) is 7.05 Å². The number of ether oxygens (including phenoxy) is 1. The number of fused-ring (bicyclic) bond motifs is 1. The van der Waals surface area contributed by atoms with Gasteiger partial charge in [-0.3, -0.25) is 0 Å². The molecule has 0 fully saturated rings. The van der Waals surface area contributed by atoms with E-state index in [0.29, 0.717) is 0 Å². The van der Waals surface area contributed by atoms with Crippen molar-refractivity contribution in [2.45, 2.75) is 6.92 Å². The Morgan fingerprint density at radius 2 is 2.07 bits per heavy atom. The molecule has 2 nitrogen and oxygen atoms in total. The van der Waals surface area contributed by atoms with Gasteiger partial charge in [-0.05, 0) is 35.0 Å². The number of aromatic nitrogens is 1. The summed E-state index contributed by atoms with van der Waals surface area (Å²) in [5.41, 5.74) is 2.40. The van der Waals surface area contributed by atoms with Gasteiger partial charge in [0.25, 0.3) is 0 Å². The minimum Gasteiger partial charge on any atom is -0.496 e. The largest absolute Gasteiger partial charge is 0.496 e. The van der Waals surface area contributed by atoms with Crippen LogP contribution in [-0.2, 0) is 7.05 Å². The number of nitrogens with zero attached hydrogens (tertiary/aromatic N) is 1. The average Bonchev–Trinajstić information content (AvgIpc) is 2.44. The number of aryl methyl sites for hydroxylation is 1. The molecule has 1 aromatic heterocycles. The molecule has 0 aliphatic heterocycles. The number of hydrogen-bond donors (Lipinski definition) is 0. The molecule has 0 bridgehead atoms. The van der Waals surface area contributed by atoms with E-state index in [-0.39, 0.29) is 0 Å². The Kier molecular flexibility index (Phi) is 2.27. The zero-order valence-electron chi connectivity index (χ0n) is 8.47. The first-order valence-corrected chi connectivity index (χ1v) is 5.23. The van der Waals surface area contributed by atoms with Gasteiger partial charge in [-0.25, -0.2) is 0 Å². The standard InChI is InChI=1S/C11H12BrNO/c1-7-11(12)10-8(13(7)2)5-4-6-9(10)14-3/h4-6H,1-3H3. The second-order valence-electron chi connectivity index (χ2n) is 3.31. The Morgan fingerprint density at radius 1 is 1.36 bits per heavy atom. The first-order chi connectivity index (χ1) is 6.66. The van der Waals surface area contributed by atoms with Gasteiger partial charge in [0.1, 0.15) is 5.75 Å². The van der Waals surface area contributed by atoms with Gasteiger partial charge in [0, 0.05) is 17.2 Å². The van der Waals surface area contributed by atoms with Crippen molar-refractivity contribution in [3.05, 3.63) is 28.4 Å². The fourth-order valence-electron chi connectivity index (χ4n) is 1.70. The van der Waals surface area contributed by atoms with Crippen LogP contribution in [0.3, 0.4) is 0 Å². The maximum Gasteiger partial charge on any atom is 0.129 e. The van der Waals surface area contributed by atoms with Gasteiger partial charge in [0.2, 0.25) is 0 Å². The molecule has 0 unspecified atom stereocenters. The third-order valence-corrected chi connectivity index (χ3v) is 3.60. The summed E-state index contributed by atoms with van der Waals surface area (Å²) in [7, 11) is 3.76. The summed E-state index contributed by atoms with van der Waals surface area (Å²) in [6, 6.07) is 6.08. The summed E-state index contributed by atoms with van der Waals surface area (Å²) in [5.74, 6) is 0.915. The number of methoxy groups -OCH3 is 1. The van der Waals surface area contributed by atoms with Crippen LogP contribution in [0.15, 0.2) is 22.7 Å². The highest BCUT2D eigenvalue weighted by Gasteiger charge is 2.12. The predicted molar refractivity (Wildman–Crippen MR) is 61.9 cm³/mol. The molecular formula is C11H12BrNO. The van der Waals surface area contributed by atoms with Crippen LogP contribution in [0.5, 0.6) is 5.75 Å². The molecule has 0 radical (unpaired) electrons. The Bertz CT molecular complexity index is 487. The Balaban J connectivity index is 2.94. The van der Waals surface area contributed by atoms with Crippen LogP contribution in [0.25, 0.3) is 10.9 Å². The van der Waals surface area contributed by atoms with Crippen LogP contribution in [0.2, 0.25) is 0 Å². The van der Waals surface area contributed by atoms with Crippen molar-refractivity contribution < 1.29 is 4.74 Å². The van der Waals surface area contributed by atoms with Crippen LogP contribution >= 0.6 is 15.9 Å². The monoisotopic (exact) mass is 253 g/mol. The second kappa shape index (κ2) is 3.31. The van der Waals surface area contributed by atoms with Gasteiger partial charge < -0.3 is 9.30 Å². The predicted octanol–water partition coefficient (Wildman–Crippen LogP) is 3.26. The molecule has 2 aromatic rings. The van der Waals surface area contributed by atoms with Gasteiger partial charge in [-0.1, -0.05) is 6.07 Å². The summed E-state index contributed by atoms with van der Waals surface area (Å²) in [4.78, 5) is 0. The quantitative estimate of drug-likeness (QED) is 0.761. The molecule has 1 aromatic carbocycles. The second-order valence-corrected chi connectivity index (χ2v) is 4.11. The minimum atomic E-state index is 0.915. The maximum atomic E-state index is 5.33. The normalized spacial score (nSPS) is 10.9. The van der Waals surface area contributed by atoms with E-state index in [1.807, 2.05) is 12.1 Å². The molecule has 14 heavy (non-hydrogen) atoms. The van der Waals surface area contributed by atoms with Gasteiger partial charge in [-0.2, -0.15) is 0 Å². The average molecular weight is 254 g/mol. The molecule has 0 saturated heterocycles. The van der Waals surface area contributed by atoms with Gasteiger partial charge in [0.15, 0.2) is 0 Å². The highest BCUT2D eigenvalue weighted by atomic mass is 79.9. The molecular weight excluding hydrogens is 242 g/mol. The molecule has 3 heteroatoms. The third kappa shape index (κ3) is 1.16. The van der Waals surface area contributed by atoms with Gasteiger partial charge >= 0.3 is 0 Å². The third-order valence-electron chi connectivity index (χ3n) is 2.63. The van der Waals surface area contributed by atoms with Crippen LogP contribution in [-0.4, -0.2) is 11.7 Å². The lowest BCUT2D eigenvalue weighted by Crippen LogP contribution is -1.89. The Labute approximate surface area is 91.6 Å². The highest BCUT2D eigenvalue weighted by molar-refractivity contribution is 9.10. The summed E-state index contributed by atoms with van der Waals surface area (Å²) < 4.78 is 8.61. The zero-order valence-corrected chi connectivity index (χ0v) is 10.1. The maximum absolute atomic E-state index is 5.33. The topological polar surface area (TPSA) is 14.2 Å². The van der Waals surface area contributed by atoms with E-state index >= 15 is 0 Å². The molecule has 0 spiro atoms. The van der Waals surface area contributed by atoms with Crippen molar-refractivity contribution in [3.63, 3.8) is 0 Å². The molecule has 1 heterocycles. The summed E-state index contributed by atoms with van der Waals surface area (Å²) in [6.45, 7) is 2.09. The molecule has 0 amide bonds. The lowest BCUT2D eigenvalue weighted by Gasteiger charge is -2.02. The van der Waals surface area contributed by atoms with Crippen LogP contribution in [0.1, 0.15) is 5.69 Å². The van der Waals surface area contributed by atoms with Gasteiger partial charge in [0.05, 0.1) is 18.0 Å². The summed E-state index contributed by atoms with van der Waals surface area (Å²) in [6.07, 6.45) is 0. The fourth-order valence-corrected chi connectivity index (χ4v) is 2.36. The van der Waals surface area contributed by atoms with Crippen LogP contribution in [0, 0.1) is 6.92 Å². The van der Waals surface area contributed by atoms with Crippen molar-refractivity contribution >= 4 is 26.8 Å². The molecule has 0 N–H and O–H groups in total. The van der Waals surface area contributed by atoms with Crippen molar-refractivity contribution in [2.75, 3.05) is 7.11 Å². The fraction of sp³-hybridized carbons (Fsp3) is 0.273. The number of benzene rings is 1. The first kappa shape index (κ1) is 9.59. The van der Waals surface area contributed by atoms with Crippen LogP contribution in [0.4, 0.5) is 0 Å². The smallest absolute Gasteiger partial charge is 0.129 e. The van der Waals surface area contributed by atoms with Crippen molar-refractivity contribution in [3.8, 4) is 5.75 Å². The first-order valence-electron chi connectivity index (χ1n) is 4.44. The van der Waals surface area contributed by atoms with Crippen molar-refractivity contribution in [1.82, 2.24) is 4.57 Å². The summed E-state index contributed by atoms with van der Waals surface area (Å²) in [5, 5.41) is 1.15. The Morgan fingerprint density at radius 3 is 2.71 bits per heavy atom. The minimum absolute atomic E-state index is 0.915. The van der Waals surface area contributed by atoms with E-state index < -0.39 is 0 Å². The van der Waals surface area contributed by atoms with Crippen LogP contribution < -0.4 is 4.74 Å². The van der Waals surface area contributed by atoms with Crippen molar-refractivity contribution in [1.29, 1.82) is 0 Å². The molecule has 0 saturated carbocycles. The van der Waals surface area contributed by atoms with E-state index in [0.717, 1.165) is 15.6 Å². The lowest BCUT2D eigenvalue weighted by atomic mass is 10.2. The van der Waals surface area contributed by atoms with E-state index in [4.69, 9.17) is 4.74 Å². The molecule has 0 atom stereocenters. The number of hydrogen-bond acceptors (Lipinski definition) is 1. The van der Waals surface area contributed by atoms with E-state index in [9.17, 15) is 0 Å². The molecule has 0 aliphatic carbocycles. The Hall–Kier alpha value is -0.960. The molecule has 2 rings (SSSR count). The SMILES string of the molecule is COc1cccc2c1c(Br)c(C)n2C. The van der Waals surface area contributed by atoms with Gasteiger partial charge in [-0.15, -0.1) is 0 Å².